The predicted molar refractivity (Wildman–Crippen MR) is 95.9 cm³/mol. The second kappa shape index (κ2) is 8.58. The number of carbonyl (C=O) groups is 2. The molecule has 1 N–H and O–H groups in total. The molecular formula is C18H21ClN2O4. The molecule has 0 atom stereocenters. The molecule has 134 valence electrons. The number of halogens is 1. The minimum Gasteiger partial charge on any atom is -0.495 e. The Morgan fingerprint density at radius 1 is 1.36 bits per heavy atom. The normalized spacial score (nSPS) is 10.4. The summed E-state index contributed by atoms with van der Waals surface area (Å²) in [7, 11) is 1.51. The van der Waals surface area contributed by atoms with E-state index in [0.29, 0.717) is 28.8 Å². The van der Waals surface area contributed by atoms with E-state index in [4.69, 9.17) is 20.8 Å². The van der Waals surface area contributed by atoms with Crippen LogP contribution in [-0.4, -0.2) is 25.5 Å². The number of nitrogens with one attached hydrogen (secondary N) is 1. The molecule has 7 heteroatoms. The monoisotopic (exact) mass is 364 g/mol. The Morgan fingerprint density at radius 3 is 2.72 bits per heavy atom. The predicted octanol–water partition coefficient (Wildman–Crippen LogP) is 3.31. The van der Waals surface area contributed by atoms with E-state index in [1.807, 2.05) is 6.92 Å². The number of methoxy groups -OCH3 is 1. The number of carbonyl (C=O) groups excluding carboxylic acids is 2. The Morgan fingerprint density at radius 2 is 2.12 bits per heavy atom. The molecule has 0 unspecified atom stereocenters. The summed E-state index contributed by atoms with van der Waals surface area (Å²) >= 11 is 6.11. The lowest BCUT2D eigenvalue weighted by atomic mass is 10.1. The molecule has 2 aromatic rings. The molecule has 0 aliphatic carbocycles. The molecule has 0 spiro atoms. The molecule has 0 aliphatic heterocycles. The van der Waals surface area contributed by atoms with E-state index in [9.17, 15) is 9.59 Å². The number of rotatable bonds is 7. The molecule has 0 fully saturated rings. The van der Waals surface area contributed by atoms with Crippen molar-refractivity contribution in [1.29, 1.82) is 0 Å². The number of hydrogen-bond donors (Lipinski definition) is 1. The molecule has 0 aliphatic rings. The summed E-state index contributed by atoms with van der Waals surface area (Å²) < 4.78 is 10.5. The summed E-state index contributed by atoms with van der Waals surface area (Å²) in [6, 6.07) is 6.99. The van der Waals surface area contributed by atoms with E-state index in [0.717, 1.165) is 5.56 Å². The van der Waals surface area contributed by atoms with Crippen LogP contribution in [0.3, 0.4) is 0 Å². The topological polar surface area (TPSA) is 71.8 Å². The van der Waals surface area contributed by atoms with Gasteiger partial charge in [-0.2, -0.15) is 0 Å². The van der Waals surface area contributed by atoms with Crippen molar-refractivity contribution in [3.05, 3.63) is 46.9 Å². The van der Waals surface area contributed by atoms with Crippen molar-refractivity contribution in [2.45, 2.75) is 26.8 Å². The number of benzene rings is 1. The Hall–Kier alpha value is -2.47. The van der Waals surface area contributed by atoms with Gasteiger partial charge in [0.25, 0.3) is 0 Å². The highest BCUT2D eigenvalue weighted by Crippen LogP contribution is 2.34. The molecule has 0 radical (unpaired) electrons. The summed E-state index contributed by atoms with van der Waals surface area (Å²) in [5.41, 5.74) is 1.42. The highest BCUT2D eigenvalue weighted by molar-refractivity contribution is 6.31. The van der Waals surface area contributed by atoms with Crippen molar-refractivity contribution in [2.24, 2.45) is 0 Å². The van der Waals surface area contributed by atoms with Crippen molar-refractivity contribution in [1.82, 2.24) is 5.32 Å². The first-order valence-corrected chi connectivity index (χ1v) is 8.21. The van der Waals surface area contributed by atoms with Gasteiger partial charge in [0.15, 0.2) is 0 Å². The standard InChI is InChI=1S/C18H21ClN2O4/c1-12-9-16(17(24-3)10-15(12)19)21(13(2)22)7-6-18(23)20-11-14-5-4-8-25-14/h4-5,8-10H,6-7,11H2,1-3H3,(H,20,23). The summed E-state index contributed by atoms with van der Waals surface area (Å²) in [5.74, 6) is 0.805. The van der Waals surface area contributed by atoms with Gasteiger partial charge in [-0.1, -0.05) is 11.6 Å². The molecule has 1 aromatic heterocycles. The van der Waals surface area contributed by atoms with Gasteiger partial charge in [-0.3, -0.25) is 9.59 Å². The highest BCUT2D eigenvalue weighted by Gasteiger charge is 2.19. The minimum atomic E-state index is -0.182. The van der Waals surface area contributed by atoms with E-state index < -0.39 is 0 Å². The number of nitrogens with zero attached hydrogens (tertiary/aromatic N) is 1. The average molecular weight is 365 g/mol. The fourth-order valence-electron chi connectivity index (χ4n) is 2.37. The fraction of sp³-hybridized carbons (Fsp3) is 0.333. The van der Waals surface area contributed by atoms with E-state index in [-0.39, 0.29) is 24.8 Å². The maximum Gasteiger partial charge on any atom is 0.223 e. The second-order valence-corrected chi connectivity index (χ2v) is 5.96. The summed E-state index contributed by atoms with van der Waals surface area (Å²) in [6.45, 7) is 3.84. The van der Waals surface area contributed by atoms with Crippen LogP contribution in [-0.2, 0) is 16.1 Å². The molecule has 0 saturated heterocycles. The van der Waals surface area contributed by atoms with Crippen molar-refractivity contribution in [3.8, 4) is 5.75 Å². The van der Waals surface area contributed by atoms with Gasteiger partial charge in [0.05, 0.1) is 25.6 Å². The number of furan rings is 1. The lowest BCUT2D eigenvalue weighted by molar-refractivity contribution is -0.121. The molecule has 1 heterocycles. The van der Waals surface area contributed by atoms with Crippen LogP contribution in [0.25, 0.3) is 0 Å². The lowest BCUT2D eigenvalue weighted by Gasteiger charge is -2.24. The van der Waals surface area contributed by atoms with Crippen molar-refractivity contribution >= 4 is 29.1 Å². The van der Waals surface area contributed by atoms with Gasteiger partial charge in [-0.25, -0.2) is 0 Å². The molecular weight excluding hydrogens is 344 g/mol. The van der Waals surface area contributed by atoms with E-state index in [1.165, 1.54) is 18.9 Å². The summed E-state index contributed by atoms with van der Waals surface area (Å²) in [4.78, 5) is 25.6. The van der Waals surface area contributed by atoms with Gasteiger partial charge in [-0.15, -0.1) is 0 Å². The Kier molecular flexibility index (Phi) is 6.47. The van der Waals surface area contributed by atoms with Crippen molar-refractivity contribution in [2.75, 3.05) is 18.6 Å². The first kappa shape index (κ1) is 18.9. The van der Waals surface area contributed by atoms with E-state index >= 15 is 0 Å². The van der Waals surface area contributed by atoms with Gasteiger partial charge in [0.2, 0.25) is 11.8 Å². The molecule has 0 saturated carbocycles. The first-order chi connectivity index (χ1) is 11.9. The number of anilines is 1. The van der Waals surface area contributed by atoms with Crippen LogP contribution in [0.4, 0.5) is 5.69 Å². The quantitative estimate of drug-likeness (QED) is 0.818. The van der Waals surface area contributed by atoms with E-state index in [2.05, 4.69) is 5.32 Å². The van der Waals surface area contributed by atoms with Crippen LogP contribution in [0.1, 0.15) is 24.7 Å². The summed E-state index contributed by atoms with van der Waals surface area (Å²) in [6.07, 6.45) is 1.71. The van der Waals surface area contributed by atoms with E-state index in [1.54, 1.807) is 30.5 Å². The number of hydrogen-bond acceptors (Lipinski definition) is 4. The highest BCUT2D eigenvalue weighted by atomic mass is 35.5. The lowest BCUT2D eigenvalue weighted by Crippen LogP contribution is -2.34. The van der Waals surface area contributed by atoms with Gasteiger partial charge < -0.3 is 19.4 Å². The number of aryl methyl sites for hydroxylation is 1. The SMILES string of the molecule is COc1cc(Cl)c(C)cc1N(CCC(=O)NCc1ccco1)C(C)=O. The largest absolute Gasteiger partial charge is 0.495 e. The Balaban J connectivity index is 2.05. The van der Waals surface area contributed by atoms with Crippen LogP contribution in [0.15, 0.2) is 34.9 Å². The third-order valence-corrected chi connectivity index (χ3v) is 4.14. The average Bonchev–Trinajstić information content (AvgIpc) is 3.09. The zero-order valence-corrected chi connectivity index (χ0v) is 15.2. The third kappa shape index (κ3) is 5.00. The van der Waals surface area contributed by atoms with Crippen molar-refractivity contribution < 1.29 is 18.7 Å². The fourth-order valence-corrected chi connectivity index (χ4v) is 2.52. The smallest absolute Gasteiger partial charge is 0.223 e. The molecule has 6 nitrogen and oxygen atoms in total. The van der Waals surface area contributed by atoms with Gasteiger partial charge in [0.1, 0.15) is 11.5 Å². The molecule has 0 bridgehead atoms. The zero-order valence-electron chi connectivity index (χ0n) is 14.5. The summed E-state index contributed by atoms with van der Waals surface area (Å²) in [5, 5.41) is 3.31. The maximum atomic E-state index is 12.1. The molecule has 1 aromatic carbocycles. The Bertz CT molecular complexity index is 744. The van der Waals surface area contributed by atoms with Crippen LogP contribution in [0.2, 0.25) is 5.02 Å². The molecule has 2 rings (SSSR count). The van der Waals surface area contributed by atoms with Crippen LogP contribution in [0, 0.1) is 6.92 Å². The first-order valence-electron chi connectivity index (χ1n) is 7.83. The van der Waals surface area contributed by atoms with Crippen molar-refractivity contribution in [3.63, 3.8) is 0 Å². The van der Waals surface area contributed by atoms with Crippen LogP contribution >= 0.6 is 11.6 Å². The Labute approximate surface area is 151 Å². The molecule has 25 heavy (non-hydrogen) atoms. The van der Waals surface area contributed by atoms with Gasteiger partial charge >= 0.3 is 0 Å². The second-order valence-electron chi connectivity index (χ2n) is 5.55. The minimum absolute atomic E-state index is 0.158. The maximum absolute atomic E-state index is 12.1. The third-order valence-electron chi connectivity index (χ3n) is 3.73. The van der Waals surface area contributed by atoms with Crippen LogP contribution in [0.5, 0.6) is 5.75 Å². The van der Waals surface area contributed by atoms with Crippen LogP contribution < -0.4 is 15.0 Å². The number of amides is 2. The van der Waals surface area contributed by atoms with Gasteiger partial charge in [-0.05, 0) is 30.7 Å². The zero-order chi connectivity index (χ0) is 18.4. The van der Waals surface area contributed by atoms with Gasteiger partial charge in [0, 0.05) is 31.0 Å². The number of ether oxygens (including phenoxy) is 1. The molecule has 2 amide bonds.